The third-order valence-corrected chi connectivity index (χ3v) is 4.22. The first-order valence-corrected chi connectivity index (χ1v) is 8.69. The smallest absolute Gasteiger partial charge is 0.210 e. The first-order valence-electron chi connectivity index (χ1n) is 7.71. The summed E-state index contributed by atoms with van der Waals surface area (Å²) in [5, 5.41) is 8.50. The number of ether oxygens (including phenoxy) is 2. The third-order valence-electron chi connectivity index (χ3n) is 3.31. The number of hydrogen-bond acceptors (Lipinski definition) is 6. The molecule has 0 atom stereocenters. The molecule has 1 aromatic heterocycles. The monoisotopic (exact) mass is 378 g/mol. The summed E-state index contributed by atoms with van der Waals surface area (Å²) in [4.78, 5) is 0. The van der Waals surface area contributed by atoms with Crippen LogP contribution in [0.15, 0.2) is 53.7 Å². The Morgan fingerprint density at radius 3 is 2.08 bits per heavy atom. The molecule has 1 heterocycles. The zero-order valence-electron chi connectivity index (χ0n) is 13.6. The lowest BCUT2D eigenvalue weighted by Crippen LogP contribution is -2.16. The van der Waals surface area contributed by atoms with E-state index in [0.29, 0.717) is 34.8 Å². The first-order chi connectivity index (χ1) is 12.6. The number of halogens is 2. The Labute approximate surface area is 152 Å². The van der Waals surface area contributed by atoms with Gasteiger partial charge in [0.05, 0.1) is 6.61 Å². The van der Waals surface area contributed by atoms with Crippen LogP contribution in [0, 0.1) is 11.6 Å². The van der Waals surface area contributed by atoms with Crippen molar-refractivity contribution in [1.29, 1.82) is 0 Å². The minimum Gasteiger partial charge on any atom is -0.493 e. The lowest BCUT2D eigenvalue weighted by atomic mass is 10.3. The molecule has 0 aliphatic carbocycles. The number of nitrogen functional groups attached to an aromatic ring is 1. The van der Waals surface area contributed by atoms with Gasteiger partial charge in [-0.05, 0) is 48.5 Å². The normalized spacial score (nSPS) is 10.7. The van der Waals surface area contributed by atoms with Crippen molar-refractivity contribution in [3.05, 3.63) is 66.0 Å². The van der Waals surface area contributed by atoms with Crippen LogP contribution in [0.4, 0.5) is 8.78 Å². The van der Waals surface area contributed by atoms with Crippen molar-refractivity contribution in [1.82, 2.24) is 14.9 Å². The van der Waals surface area contributed by atoms with E-state index >= 15 is 0 Å². The van der Waals surface area contributed by atoms with E-state index in [1.165, 1.54) is 52.8 Å². The average molecular weight is 378 g/mol. The van der Waals surface area contributed by atoms with E-state index in [-0.39, 0.29) is 18.2 Å². The predicted molar refractivity (Wildman–Crippen MR) is 93.5 cm³/mol. The zero-order chi connectivity index (χ0) is 18.4. The molecule has 0 unspecified atom stereocenters. The van der Waals surface area contributed by atoms with E-state index in [1.54, 1.807) is 12.1 Å². The van der Waals surface area contributed by atoms with Gasteiger partial charge in [0.15, 0.2) is 5.82 Å². The molecule has 136 valence electrons. The molecule has 3 aromatic rings. The zero-order valence-corrected chi connectivity index (χ0v) is 14.5. The van der Waals surface area contributed by atoms with Crippen LogP contribution in [-0.2, 0) is 6.61 Å². The lowest BCUT2D eigenvalue weighted by Gasteiger charge is -2.07. The highest BCUT2D eigenvalue weighted by Gasteiger charge is 2.11. The van der Waals surface area contributed by atoms with E-state index in [2.05, 4.69) is 10.2 Å². The van der Waals surface area contributed by atoms with Crippen molar-refractivity contribution in [3.63, 3.8) is 0 Å². The van der Waals surface area contributed by atoms with Gasteiger partial charge in [0.25, 0.3) is 0 Å². The number of thioether (sulfide) groups is 1. The van der Waals surface area contributed by atoms with Gasteiger partial charge >= 0.3 is 0 Å². The molecule has 6 nitrogen and oxygen atoms in total. The second-order valence-electron chi connectivity index (χ2n) is 5.16. The highest BCUT2D eigenvalue weighted by Crippen LogP contribution is 2.17. The molecular formula is C17H16F2N4O2S. The van der Waals surface area contributed by atoms with Crippen LogP contribution >= 0.6 is 11.8 Å². The summed E-state index contributed by atoms with van der Waals surface area (Å²) in [6.07, 6.45) is 0. The van der Waals surface area contributed by atoms with E-state index in [0.717, 1.165) is 0 Å². The van der Waals surface area contributed by atoms with Crippen molar-refractivity contribution in [3.8, 4) is 11.5 Å². The van der Waals surface area contributed by atoms with Crippen LogP contribution in [0.3, 0.4) is 0 Å². The Morgan fingerprint density at radius 2 is 1.46 bits per heavy atom. The van der Waals surface area contributed by atoms with E-state index in [9.17, 15) is 8.78 Å². The molecule has 2 aromatic carbocycles. The quantitative estimate of drug-likeness (QED) is 0.369. The van der Waals surface area contributed by atoms with Crippen LogP contribution in [0.1, 0.15) is 5.82 Å². The number of aromatic nitrogens is 3. The van der Waals surface area contributed by atoms with E-state index in [1.807, 2.05) is 0 Å². The predicted octanol–water partition coefficient (Wildman–Crippen LogP) is 3.02. The van der Waals surface area contributed by atoms with E-state index in [4.69, 9.17) is 15.3 Å². The van der Waals surface area contributed by atoms with Gasteiger partial charge in [-0.1, -0.05) is 11.8 Å². The fraction of sp³-hybridized carbons (Fsp3) is 0.176. The SMILES string of the molecule is Nn1c(COc2ccc(F)cc2)nnc1SCCOc1ccc(F)cc1. The van der Waals surface area contributed by atoms with Crippen molar-refractivity contribution < 1.29 is 18.3 Å². The minimum absolute atomic E-state index is 0.113. The van der Waals surface area contributed by atoms with Gasteiger partial charge in [-0.15, -0.1) is 10.2 Å². The fourth-order valence-corrected chi connectivity index (χ4v) is 2.70. The summed E-state index contributed by atoms with van der Waals surface area (Å²) in [5.74, 6) is 7.44. The van der Waals surface area contributed by atoms with Gasteiger partial charge in [-0.2, -0.15) is 0 Å². The molecule has 2 N–H and O–H groups in total. The van der Waals surface area contributed by atoms with Gasteiger partial charge in [0, 0.05) is 5.75 Å². The second-order valence-corrected chi connectivity index (χ2v) is 6.22. The van der Waals surface area contributed by atoms with Gasteiger partial charge in [-0.3, -0.25) is 0 Å². The summed E-state index contributed by atoms with van der Waals surface area (Å²) in [6, 6.07) is 11.5. The van der Waals surface area contributed by atoms with Gasteiger partial charge in [-0.25, -0.2) is 13.5 Å². The molecule has 3 rings (SSSR count). The summed E-state index contributed by atoms with van der Waals surface area (Å²) in [5.41, 5.74) is 0. The Balaban J connectivity index is 1.45. The van der Waals surface area contributed by atoms with Crippen LogP contribution in [0.5, 0.6) is 11.5 Å². The second kappa shape index (κ2) is 8.52. The summed E-state index contributed by atoms with van der Waals surface area (Å²) in [6.45, 7) is 0.520. The largest absolute Gasteiger partial charge is 0.493 e. The van der Waals surface area contributed by atoms with Gasteiger partial charge in [0.2, 0.25) is 5.16 Å². The molecule has 0 amide bonds. The molecule has 0 aliphatic rings. The maximum absolute atomic E-state index is 12.9. The molecular weight excluding hydrogens is 362 g/mol. The summed E-state index contributed by atoms with van der Waals surface area (Å²) >= 11 is 1.37. The molecule has 9 heteroatoms. The standard InChI is InChI=1S/C17H16F2N4O2S/c18-12-1-5-14(6-2-12)24-9-10-26-17-22-21-16(23(17)20)11-25-15-7-3-13(19)4-8-15/h1-8H,9-11,20H2. The Hall–Kier alpha value is -2.81. The Kier molecular flexibility index (Phi) is 5.90. The molecule has 0 saturated heterocycles. The molecule has 0 radical (unpaired) electrons. The number of benzene rings is 2. The van der Waals surface area contributed by atoms with Gasteiger partial charge < -0.3 is 15.3 Å². The number of nitrogens with zero attached hydrogens (tertiary/aromatic N) is 3. The number of hydrogen-bond donors (Lipinski definition) is 1. The Bertz CT molecular complexity index is 841. The topological polar surface area (TPSA) is 75.2 Å². The highest BCUT2D eigenvalue weighted by atomic mass is 32.2. The lowest BCUT2D eigenvalue weighted by molar-refractivity contribution is 0.291. The van der Waals surface area contributed by atoms with Crippen LogP contribution in [0.25, 0.3) is 0 Å². The average Bonchev–Trinajstić information content (AvgIpc) is 3.00. The number of rotatable bonds is 8. The van der Waals surface area contributed by atoms with E-state index < -0.39 is 0 Å². The molecule has 0 fully saturated rings. The van der Waals surface area contributed by atoms with Crippen LogP contribution < -0.4 is 15.3 Å². The molecule has 26 heavy (non-hydrogen) atoms. The highest BCUT2D eigenvalue weighted by molar-refractivity contribution is 7.99. The maximum atomic E-state index is 12.9. The fourth-order valence-electron chi connectivity index (χ4n) is 2.01. The summed E-state index contributed by atoms with van der Waals surface area (Å²) < 4.78 is 38.0. The Morgan fingerprint density at radius 1 is 0.885 bits per heavy atom. The van der Waals surface area contributed by atoms with Gasteiger partial charge in [0.1, 0.15) is 29.7 Å². The van der Waals surface area contributed by atoms with Crippen LogP contribution in [-0.4, -0.2) is 27.2 Å². The third kappa shape index (κ3) is 4.85. The molecule has 0 aliphatic heterocycles. The van der Waals surface area contributed by atoms with Crippen molar-refractivity contribution >= 4 is 11.8 Å². The maximum Gasteiger partial charge on any atom is 0.210 e. The first kappa shape index (κ1) is 18.0. The summed E-state index contributed by atoms with van der Waals surface area (Å²) in [7, 11) is 0. The van der Waals surface area contributed by atoms with Crippen molar-refractivity contribution in [2.45, 2.75) is 11.8 Å². The van der Waals surface area contributed by atoms with Crippen molar-refractivity contribution in [2.24, 2.45) is 0 Å². The van der Waals surface area contributed by atoms with Crippen molar-refractivity contribution in [2.75, 3.05) is 18.2 Å². The number of nitrogens with two attached hydrogens (primary N) is 1. The molecule has 0 saturated carbocycles. The minimum atomic E-state index is -0.333. The van der Waals surface area contributed by atoms with Crippen LogP contribution in [0.2, 0.25) is 0 Å². The molecule has 0 spiro atoms. The molecule has 0 bridgehead atoms.